The molecule has 0 bridgehead atoms. The van der Waals surface area contributed by atoms with E-state index in [0.717, 1.165) is 0 Å². The summed E-state index contributed by atoms with van der Waals surface area (Å²) in [5, 5.41) is 10.4. The summed E-state index contributed by atoms with van der Waals surface area (Å²) in [6, 6.07) is 16.2. The van der Waals surface area contributed by atoms with Crippen LogP contribution in [0.3, 0.4) is 0 Å². The lowest BCUT2D eigenvalue weighted by Crippen LogP contribution is -2.54. The first kappa shape index (κ1) is 17.2. The van der Waals surface area contributed by atoms with Crippen LogP contribution >= 0.6 is 11.8 Å². The summed E-state index contributed by atoms with van der Waals surface area (Å²) in [5.74, 6) is 0.0757. The molecule has 4 rings (SSSR count). The molecule has 0 fully saturated rings. The molecule has 2 aliphatic rings. The summed E-state index contributed by atoms with van der Waals surface area (Å²) in [6.45, 7) is 3.68. The number of carbonyl (C=O) groups is 2. The van der Waals surface area contributed by atoms with Crippen molar-refractivity contribution in [3.63, 3.8) is 0 Å². The van der Waals surface area contributed by atoms with E-state index in [1.807, 2.05) is 18.2 Å². The average molecular weight is 376 g/mol. The number of hydrazone groups is 1. The summed E-state index contributed by atoms with van der Waals surface area (Å²) in [5.41, 5.74) is 0.851. The number of thioether (sulfide) groups is 1. The van der Waals surface area contributed by atoms with Gasteiger partial charge in [0.1, 0.15) is 5.70 Å². The molecule has 7 heteroatoms. The van der Waals surface area contributed by atoms with E-state index in [-0.39, 0.29) is 11.7 Å². The van der Waals surface area contributed by atoms with Gasteiger partial charge in [-0.15, -0.1) is 11.7 Å². The predicted octanol–water partition coefficient (Wildman–Crippen LogP) is 1.26. The van der Waals surface area contributed by atoms with Crippen LogP contribution in [0.15, 0.2) is 77.3 Å². The molecule has 0 aromatic heterocycles. The van der Waals surface area contributed by atoms with Gasteiger partial charge in [-0.25, -0.2) is 10.0 Å². The van der Waals surface area contributed by atoms with Crippen molar-refractivity contribution >= 4 is 34.3 Å². The lowest BCUT2D eigenvalue weighted by Gasteiger charge is -2.33. The van der Waals surface area contributed by atoms with E-state index < -0.39 is 6.17 Å². The Labute approximate surface area is 160 Å². The highest BCUT2D eigenvalue weighted by molar-refractivity contribution is 8.14. The number of amides is 1. The zero-order valence-electron chi connectivity index (χ0n) is 14.3. The number of para-hydroxylation sites is 1. The fraction of sp³-hybridized carbons (Fsp3) is 0.100. The highest BCUT2D eigenvalue weighted by Gasteiger charge is 2.37. The molecule has 2 heterocycles. The normalized spacial score (nSPS) is 17.9. The molecule has 0 saturated carbocycles. The number of benzene rings is 2. The molecular formula is C20H16N4O2S. The molecule has 0 unspecified atom stereocenters. The van der Waals surface area contributed by atoms with Crippen molar-refractivity contribution in [2.45, 2.75) is 6.17 Å². The number of hydrogen-bond acceptors (Lipinski definition) is 6. The molecule has 0 spiro atoms. The highest BCUT2D eigenvalue weighted by atomic mass is 32.2. The molecule has 2 aliphatic heterocycles. The maximum Gasteiger partial charge on any atom is 0.276 e. The van der Waals surface area contributed by atoms with Gasteiger partial charge in [-0.05, 0) is 6.07 Å². The average Bonchev–Trinajstić information content (AvgIpc) is 2.71. The van der Waals surface area contributed by atoms with Crippen LogP contribution in [0.5, 0.6) is 0 Å². The third kappa shape index (κ3) is 3.17. The van der Waals surface area contributed by atoms with Crippen molar-refractivity contribution in [1.82, 2.24) is 10.3 Å². The van der Waals surface area contributed by atoms with Crippen LogP contribution in [-0.2, 0) is 4.79 Å². The van der Waals surface area contributed by atoms with Gasteiger partial charge in [0.25, 0.3) is 5.91 Å². The van der Waals surface area contributed by atoms with Gasteiger partial charge >= 0.3 is 0 Å². The van der Waals surface area contributed by atoms with Gasteiger partial charge in [-0.3, -0.25) is 14.9 Å². The number of fused-ring (bicyclic) bond motifs is 2. The van der Waals surface area contributed by atoms with Crippen molar-refractivity contribution in [3.05, 3.63) is 83.4 Å². The van der Waals surface area contributed by atoms with E-state index in [4.69, 9.17) is 0 Å². The molecule has 1 N–H and O–H groups in total. The SMILES string of the molecule is C=CCSC1=NN2C(=c3ccccc3=N[C@@H]2C(=O)c2ccccc2)C(=O)N1. The van der Waals surface area contributed by atoms with Crippen molar-refractivity contribution in [2.24, 2.45) is 10.1 Å². The first-order valence-corrected chi connectivity index (χ1v) is 9.37. The number of amidine groups is 1. The zero-order valence-corrected chi connectivity index (χ0v) is 15.1. The van der Waals surface area contributed by atoms with Crippen LogP contribution in [0.4, 0.5) is 0 Å². The van der Waals surface area contributed by atoms with Crippen LogP contribution in [0, 0.1) is 0 Å². The maximum absolute atomic E-state index is 13.1. The monoisotopic (exact) mass is 376 g/mol. The van der Waals surface area contributed by atoms with Gasteiger partial charge in [0, 0.05) is 16.5 Å². The van der Waals surface area contributed by atoms with Crippen LogP contribution in [0.1, 0.15) is 10.4 Å². The molecule has 0 saturated heterocycles. The first-order valence-electron chi connectivity index (χ1n) is 8.38. The number of Topliss-reactive ketones (excluding diaryl/α,β-unsaturated/α-hetero) is 1. The van der Waals surface area contributed by atoms with Crippen molar-refractivity contribution < 1.29 is 9.59 Å². The Kier molecular flexibility index (Phi) is 4.60. The third-order valence-corrected chi connectivity index (χ3v) is 5.01. The third-order valence-electron chi connectivity index (χ3n) is 4.15. The van der Waals surface area contributed by atoms with Crippen LogP contribution in [-0.4, -0.2) is 33.8 Å². The largest absolute Gasteiger partial charge is 0.298 e. The van der Waals surface area contributed by atoms with Gasteiger partial charge < -0.3 is 0 Å². The topological polar surface area (TPSA) is 74.1 Å². The molecule has 1 atom stereocenters. The Bertz CT molecular complexity index is 1080. The summed E-state index contributed by atoms with van der Waals surface area (Å²) in [6.07, 6.45) is 0.795. The summed E-state index contributed by atoms with van der Waals surface area (Å²) in [4.78, 5) is 30.5. The fourth-order valence-electron chi connectivity index (χ4n) is 2.95. The first-order chi connectivity index (χ1) is 13.2. The maximum atomic E-state index is 13.1. The number of rotatable bonds is 4. The smallest absolute Gasteiger partial charge is 0.276 e. The minimum Gasteiger partial charge on any atom is -0.298 e. The minimum absolute atomic E-state index is 0.214. The van der Waals surface area contributed by atoms with E-state index in [0.29, 0.717) is 32.8 Å². The van der Waals surface area contributed by atoms with E-state index in [9.17, 15) is 9.59 Å². The number of nitrogens with zero attached hydrogens (tertiary/aromatic N) is 3. The van der Waals surface area contributed by atoms with Crippen LogP contribution in [0.2, 0.25) is 0 Å². The van der Waals surface area contributed by atoms with Gasteiger partial charge in [0.15, 0.2) is 5.17 Å². The Hall–Kier alpha value is -3.19. The van der Waals surface area contributed by atoms with E-state index in [1.165, 1.54) is 16.8 Å². The highest BCUT2D eigenvalue weighted by Crippen LogP contribution is 2.22. The molecule has 2 aromatic carbocycles. The molecule has 2 aromatic rings. The second-order valence-corrected chi connectivity index (χ2v) is 6.91. The Morgan fingerprint density at radius 3 is 2.70 bits per heavy atom. The number of nitrogens with one attached hydrogen (secondary N) is 1. The lowest BCUT2D eigenvalue weighted by atomic mass is 10.1. The van der Waals surface area contributed by atoms with Crippen molar-refractivity contribution in [1.29, 1.82) is 0 Å². The van der Waals surface area contributed by atoms with Crippen LogP contribution < -0.4 is 15.9 Å². The molecule has 1 amide bonds. The van der Waals surface area contributed by atoms with Gasteiger partial charge in [-0.2, -0.15) is 0 Å². The number of ketones is 1. The lowest BCUT2D eigenvalue weighted by molar-refractivity contribution is -0.115. The van der Waals surface area contributed by atoms with E-state index in [2.05, 4.69) is 22.0 Å². The predicted molar refractivity (Wildman–Crippen MR) is 105 cm³/mol. The molecule has 6 nitrogen and oxygen atoms in total. The van der Waals surface area contributed by atoms with Gasteiger partial charge in [0.2, 0.25) is 11.9 Å². The Morgan fingerprint density at radius 1 is 1.19 bits per heavy atom. The quantitative estimate of drug-likeness (QED) is 0.644. The van der Waals surface area contributed by atoms with Gasteiger partial charge in [0.05, 0.1) is 5.36 Å². The summed E-state index contributed by atoms with van der Waals surface area (Å²) >= 11 is 1.34. The minimum atomic E-state index is -0.928. The number of carbonyl (C=O) groups excluding carboxylic acids is 2. The molecule has 134 valence electrons. The van der Waals surface area contributed by atoms with E-state index >= 15 is 0 Å². The Morgan fingerprint density at radius 2 is 1.93 bits per heavy atom. The van der Waals surface area contributed by atoms with Crippen molar-refractivity contribution in [2.75, 3.05) is 5.75 Å². The molecule has 27 heavy (non-hydrogen) atoms. The molecular weight excluding hydrogens is 360 g/mol. The van der Waals surface area contributed by atoms with Crippen molar-refractivity contribution in [3.8, 4) is 0 Å². The molecule has 0 radical (unpaired) electrons. The zero-order chi connectivity index (χ0) is 18.8. The number of hydrogen-bond donors (Lipinski definition) is 1. The second kappa shape index (κ2) is 7.20. The fourth-order valence-corrected chi connectivity index (χ4v) is 3.54. The van der Waals surface area contributed by atoms with Crippen LogP contribution in [0.25, 0.3) is 5.70 Å². The van der Waals surface area contributed by atoms with E-state index in [1.54, 1.807) is 42.5 Å². The molecule has 0 aliphatic carbocycles. The summed E-state index contributed by atoms with van der Waals surface area (Å²) in [7, 11) is 0. The second-order valence-electron chi connectivity index (χ2n) is 5.90. The summed E-state index contributed by atoms with van der Waals surface area (Å²) < 4.78 is 0. The Balaban J connectivity index is 1.87. The van der Waals surface area contributed by atoms with Gasteiger partial charge in [-0.1, -0.05) is 66.4 Å². The standard InChI is InChI=1S/C20H16N4O2S/c1-2-12-27-20-22-19(26)16-14-10-6-7-11-15(14)21-18(24(16)23-20)17(25)13-8-4-3-5-9-13/h2-11,18H,1,12H2,(H,22,23,26)/t18-/m0/s1.